The number of nitrogens with zero attached hydrogens (tertiary/aromatic N) is 1. The maximum absolute atomic E-state index is 11.0. The molecular formula is C17H21NO2. The summed E-state index contributed by atoms with van der Waals surface area (Å²) in [5, 5.41) is 12.1. The molecule has 2 atom stereocenters. The van der Waals surface area contributed by atoms with Crippen LogP contribution in [-0.4, -0.2) is 22.3 Å². The van der Waals surface area contributed by atoms with Crippen LogP contribution in [0, 0.1) is 0 Å². The van der Waals surface area contributed by atoms with Crippen molar-refractivity contribution >= 4 is 10.9 Å². The van der Waals surface area contributed by atoms with Crippen LogP contribution in [-0.2, 0) is 10.3 Å². The van der Waals surface area contributed by atoms with E-state index in [1.54, 1.807) is 0 Å². The van der Waals surface area contributed by atoms with Gasteiger partial charge in [-0.2, -0.15) is 0 Å². The largest absolute Gasteiger partial charge is 0.385 e. The Kier molecular flexibility index (Phi) is 3.27. The summed E-state index contributed by atoms with van der Waals surface area (Å²) < 4.78 is 5.84. The van der Waals surface area contributed by atoms with E-state index in [1.807, 2.05) is 30.5 Å². The molecule has 2 aromatic rings. The van der Waals surface area contributed by atoms with Gasteiger partial charge in [0.2, 0.25) is 0 Å². The fourth-order valence-electron chi connectivity index (χ4n) is 3.02. The number of hydrogen-bond donors (Lipinski definition) is 1. The van der Waals surface area contributed by atoms with Gasteiger partial charge < -0.3 is 9.84 Å². The van der Waals surface area contributed by atoms with Crippen LogP contribution < -0.4 is 0 Å². The zero-order valence-corrected chi connectivity index (χ0v) is 12.1. The zero-order chi connectivity index (χ0) is 14.2. The smallest absolute Gasteiger partial charge is 0.0960 e. The minimum atomic E-state index is -0.833. The zero-order valence-electron chi connectivity index (χ0n) is 12.1. The van der Waals surface area contributed by atoms with Gasteiger partial charge in [-0.1, -0.05) is 25.1 Å². The highest BCUT2D eigenvalue weighted by molar-refractivity contribution is 5.78. The lowest BCUT2D eigenvalue weighted by molar-refractivity contribution is -0.157. The number of hydrogen-bond acceptors (Lipinski definition) is 3. The Hall–Kier alpha value is -1.45. The molecule has 0 saturated carbocycles. The summed E-state index contributed by atoms with van der Waals surface area (Å²) in [4.78, 5) is 4.47. The Morgan fingerprint density at radius 1 is 1.35 bits per heavy atom. The first-order valence-electron chi connectivity index (χ1n) is 7.26. The van der Waals surface area contributed by atoms with Crippen LogP contribution >= 0.6 is 0 Å². The molecular weight excluding hydrogens is 250 g/mol. The SMILES string of the molecule is CCC1(C)CC(O)(c2cnc3ccccc3c2)CCO1. The highest BCUT2D eigenvalue weighted by Gasteiger charge is 2.42. The Bertz CT molecular complexity index is 627. The summed E-state index contributed by atoms with van der Waals surface area (Å²) in [7, 11) is 0. The second kappa shape index (κ2) is 4.83. The molecule has 1 aliphatic heterocycles. The Morgan fingerprint density at radius 2 is 2.15 bits per heavy atom. The number of fused-ring (bicyclic) bond motifs is 1. The van der Waals surface area contributed by atoms with Crippen molar-refractivity contribution in [2.24, 2.45) is 0 Å². The van der Waals surface area contributed by atoms with Gasteiger partial charge in [0.15, 0.2) is 0 Å². The van der Waals surface area contributed by atoms with Gasteiger partial charge >= 0.3 is 0 Å². The molecule has 1 saturated heterocycles. The van der Waals surface area contributed by atoms with Gasteiger partial charge in [0.1, 0.15) is 0 Å². The third kappa shape index (κ3) is 2.32. The van der Waals surface area contributed by atoms with E-state index in [2.05, 4.69) is 24.9 Å². The number of ether oxygens (including phenoxy) is 1. The van der Waals surface area contributed by atoms with Gasteiger partial charge in [-0.25, -0.2) is 0 Å². The quantitative estimate of drug-likeness (QED) is 0.910. The maximum Gasteiger partial charge on any atom is 0.0960 e. The third-order valence-electron chi connectivity index (χ3n) is 4.51. The van der Waals surface area contributed by atoms with E-state index in [0.717, 1.165) is 22.9 Å². The molecule has 2 heterocycles. The number of benzene rings is 1. The highest BCUT2D eigenvalue weighted by atomic mass is 16.5. The van der Waals surface area contributed by atoms with E-state index in [1.165, 1.54) is 0 Å². The topological polar surface area (TPSA) is 42.4 Å². The van der Waals surface area contributed by atoms with E-state index < -0.39 is 5.60 Å². The van der Waals surface area contributed by atoms with Gasteiger partial charge in [0.05, 0.1) is 23.3 Å². The van der Waals surface area contributed by atoms with Crippen LogP contribution in [0.25, 0.3) is 10.9 Å². The molecule has 0 spiro atoms. The molecule has 3 nitrogen and oxygen atoms in total. The molecule has 1 aromatic heterocycles. The Morgan fingerprint density at radius 3 is 2.95 bits per heavy atom. The molecule has 3 heteroatoms. The van der Waals surface area contributed by atoms with Crippen molar-refractivity contribution in [2.45, 2.75) is 44.3 Å². The molecule has 0 aliphatic carbocycles. The summed E-state index contributed by atoms with van der Waals surface area (Å²) in [6.45, 7) is 4.77. The summed E-state index contributed by atoms with van der Waals surface area (Å²) in [6, 6.07) is 10.1. The van der Waals surface area contributed by atoms with Gasteiger partial charge in [-0.05, 0) is 25.5 Å². The van der Waals surface area contributed by atoms with Crippen LogP contribution in [0.1, 0.15) is 38.7 Å². The second-order valence-corrected chi connectivity index (χ2v) is 6.03. The fourth-order valence-corrected chi connectivity index (χ4v) is 3.02. The van der Waals surface area contributed by atoms with Crippen LogP contribution in [0.5, 0.6) is 0 Å². The number of para-hydroxylation sites is 1. The lowest BCUT2D eigenvalue weighted by Crippen LogP contribution is -2.45. The van der Waals surface area contributed by atoms with Crippen molar-refractivity contribution in [3.8, 4) is 0 Å². The average Bonchev–Trinajstić information content (AvgIpc) is 2.46. The van der Waals surface area contributed by atoms with Crippen LogP contribution in [0.4, 0.5) is 0 Å². The third-order valence-corrected chi connectivity index (χ3v) is 4.51. The first-order valence-corrected chi connectivity index (χ1v) is 7.26. The summed E-state index contributed by atoms with van der Waals surface area (Å²) in [5.74, 6) is 0. The Labute approximate surface area is 119 Å². The monoisotopic (exact) mass is 271 g/mol. The predicted molar refractivity (Wildman–Crippen MR) is 79.5 cm³/mol. The van der Waals surface area contributed by atoms with Gasteiger partial charge in [-0.15, -0.1) is 0 Å². The van der Waals surface area contributed by atoms with Crippen LogP contribution in [0.2, 0.25) is 0 Å². The highest BCUT2D eigenvalue weighted by Crippen LogP contribution is 2.41. The maximum atomic E-state index is 11.0. The molecule has 1 aromatic carbocycles. The van der Waals surface area contributed by atoms with Crippen LogP contribution in [0.15, 0.2) is 36.5 Å². The molecule has 0 bridgehead atoms. The van der Waals surface area contributed by atoms with Crippen molar-refractivity contribution in [1.82, 2.24) is 4.98 Å². The van der Waals surface area contributed by atoms with Crippen molar-refractivity contribution in [3.63, 3.8) is 0 Å². The van der Waals surface area contributed by atoms with Crippen molar-refractivity contribution in [3.05, 3.63) is 42.1 Å². The van der Waals surface area contributed by atoms with Crippen molar-refractivity contribution < 1.29 is 9.84 Å². The van der Waals surface area contributed by atoms with E-state index in [4.69, 9.17) is 4.74 Å². The summed E-state index contributed by atoms with van der Waals surface area (Å²) in [5.41, 5.74) is 0.780. The lowest BCUT2D eigenvalue weighted by atomic mass is 9.78. The van der Waals surface area contributed by atoms with E-state index >= 15 is 0 Å². The van der Waals surface area contributed by atoms with Crippen LogP contribution in [0.3, 0.4) is 0 Å². The lowest BCUT2D eigenvalue weighted by Gasteiger charge is -2.43. The van der Waals surface area contributed by atoms with Gasteiger partial charge in [0, 0.05) is 30.0 Å². The number of aliphatic hydroxyl groups is 1. The molecule has 1 aliphatic rings. The fraction of sp³-hybridized carbons (Fsp3) is 0.471. The molecule has 20 heavy (non-hydrogen) atoms. The molecule has 3 rings (SSSR count). The molecule has 1 fully saturated rings. The van der Waals surface area contributed by atoms with E-state index in [0.29, 0.717) is 19.4 Å². The average molecular weight is 271 g/mol. The normalized spacial score (nSPS) is 30.6. The first kappa shape index (κ1) is 13.5. The second-order valence-electron chi connectivity index (χ2n) is 6.03. The number of pyridine rings is 1. The number of aromatic nitrogens is 1. The Balaban J connectivity index is 2.00. The van der Waals surface area contributed by atoms with E-state index in [-0.39, 0.29) is 5.60 Å². The molecule has 1 N–H and O–H groups in total. The summed E-state index contributed by atoms with van der Waals surface area (Å²) >= 11 is 0. The van der Waals surface area contributed by atoms with E-state index in [9.17, 15) is 5.11 Å². The molecule has 0 radical (unpaired) electrons. The standard InChI is InChI=1S/C17H21NO2/c1-3-16(2)12-17(19,8-9-20-16)14-10-13-6-4-5-7-15(13)18-11-14/h4-7,10-11,19H,3,8-9,12H2,1-2H3. The molecule has 2 unspecified atom stereocenters. The minimum Gasteiger partial charge on any atom is -0.385 e. The van der Waals surface area contributed by atoms with Crippen molar-refractivity contribution in [2.75, 3.05) is 6.61 Å². The molecule has 106 valence electrons. The minimum absolute atomic E-state index is 0.251. The summed E-state index contributed by atoms with van der Waals surface area (Å²) in [6.07, 6.45) is 3.96. The molecule has 0 amide bonds. The van der Waals surface area contributed by atoms with Gasteiger partial charge in [0.25, 0.3) is 0 Å². The van der Waals surface area contributed by atoms with Crippen molar-refractivity contribution in [1.29, 1.82) is 0 Å². The predicted octanol–water partition coefficient (Wildman–Crippen LogP) is 3.40. The first-order chi connectivity index (χ1) is 9.55. The van der Waals surface area contributed by atoms with Gasteiger partial charge in [-0.3, -0.25) is 4.98 Å². The number of rotatable bonds is 2.